The second kappa shape index (κ2) is 6.96. The molecule has 1 N–H and O–H groups in total. The quantitative estimate of drug-likeness (QED) is 0.797. The highest BCUT2D eigenvalue weighted by Crippen LogP contribution is 2.13. The van der Waals surface area contributed by atoms with E-state index in [0.29, 0.717) is 0 Å². The Morgan fingerprint density at radius 1 is 1.28 bits per heavy atom. The minimum Gasteiger partial charge on any atom is -0.477 e. The van der Waals surface area contributed by atoms with Crippen LogP contribution < -0.4 is 4.90 Å². The summed E-state index contributed by atoms with van der Waals surface area (Å²) in [6.07, 6.45) is 2.68. The summed E-state index contributed by atoms with van der Waals surface area (Å²) in [6.45, 7) is 4.94. The molecule has 0 saturated carbocycles. The predicted molar refractivity (Wildman–Crippen MR) is 72.3 cm³/mol. The first-order valence-electron chi connectivity index (χ1n) is 6.13. The van der Waals surface area contributed by atoms with Crippen molar-refractivity contribution >= 4 is 11.7 Å². The van der Waals surface area contributed by atoms with Crippen molar-refractivity contribution in [1.29, 1.82) is 0 Å². The lowest BCUT2D eigenvalue weighted by Crippen LogP contribution is -2.32. The number of anilines is 1. The fourth-order valence-corrected chi connectivity index (χ4v) is 1.66. The Morgan fingerprint density at radius 3 is 2.44 bits per heavy atom. The Bertz CT molecular complexity index is 376. The summed E-state index contributed by atoms with van der Waals surface area (Å²) < 4.78 is 0. The van der Waals surface area contributed by atoms with Gasteiger partial charge in [0.2, 0.25) is 0 Å². The number of nitrogens with zero attached hydrogens (tertiary/aromatic N) is 3. The summed E-state index contributed by atoms with van der Waals surface area (Å²) in [5.74, 6) is -0.989. The molecule has 5 nitrogen and oxygen atoms in total. The summed E-state index contributed by atoms with van der Waals surface area (Å²) in [7, 11) is 4.08. The van der Waals surface area contributed by atoms with E-state index in [0.717, 1.165) is 31.7 Å². The smallest absolute Gasteiger partial charge is 0.354 e. The van der Waals surface area contributed by atoms with Crippen LogP contribution in [-0.4, -0.2) is 54.7 Å². The van der Waals surface area contributed by atoms with E-state index in [1.165, 1.54) is 0 Å². The molecule has 100 valence electrons. The van der Waals surface area contributed by atoms with Crippen molar-refractivity contribution in [3.05, 3.63) is 24.0 Å². The van der Waals surface area contributed by atoms with Gasteiger partial charge in [-0.05, 0) is 32.6 Å². The Labute approximate surface area is 108 Å². The van der Waals surface area contributed by atoms with Gasteiger partial charge in [-0.25, -0.2) is 9.78 Å². The molecule has 0 aliphatic heterocycles. The molecule has 0 saturated heterocycles. The molecule has 0 aliphatic rings. The maximum Gasteiger partial charge on any atom is 0.354 e. The Balaban J connectivity index is 2.75. The van der Waals surface area contributed by atoms with Crippen molar-refractivity contribution in [3.8, 4) is 0 Å². The van der Waals surface area contributed by atoms with Crippen molar-refractivity contribution in [3.63, 3.8) is 0 Å². The molecule has 0 fully saturated rings. The third-order valence-corrected chi connectivity index (χ3v) is 2.64. The van der Waals surface area contributed by atoms with E-state index >= 15 is 0 Å². The van der Waals surface area contributed by atoms with Gasteiger partial charge in [-0.2, -0.15) is 0 Å². The fourth-order valence-electron chi connectivity index (χ4n) is 1.66. The number of carboxylic acids is 1. The van der Waals surface area contributed by atoms with Crippen molar-refractivity contribution < 1.29 is 9.90 Å². The molecule has 1 rings (SSSR count). The second-order valence-corrected chi connectivity index (χ2v) is 4.50. The van der Waals surface area contributed by atoms with Gasteiger partial charge in [0, 0.05) is 19.6 Å². The maximum atomic E-state index is 10.7. The second-order valence-electron chi connectivity index (χ2n) is 4.50. The number of rotatable bonds is 7. The summed E-state index contributed by atoms with van der Waals surface area (Å²) in [5, 5.41) is 8.81. The molecule has 0 aliphatic carbocycles. The van der Waals surface area contributed by atoms with E-state index in [2.05, 4.69) is 21.7 Å². The molecule has 5 heteroatoms. The fraction of sp³-hybridized carbons (Fsp3) is 0.538. The number of hydrogen-bond acceptors (Lipinski definition) is 4. The van der Waals surface area contributed by atoms with Crippen LogP contribution in [0.5, 0.6) is 0 Å². The van der Waals surface area contributed by atoms with Crippen LogP contribution in [0, 0.1) is 0 Å². The molecule has 18 heavy (non-hydrogen) atoms. The Hall–Kier alpha value is -1.62. The highest BCUT2D eigenvalue weighted by atomic mass is 16.4. The number of likely N-dealkylation sites (N-methyl/N-ethyl adjacent to an activating group) is 1. The van der Waals surface area contributed by atoms with Gasteiger partial charge < -0.3 is 14.9 Å². The normalized spacial score (nSPS) is 10.7. The van der Waals surface area contributed by atoms with Crippen molar-refractivity contribution in [2.75, 3.05) is 38.6 Å². The summed E-state index contributed by atoms with van der Waals surface area (Å²) >= 11 is 0. The monoisotopic (exact) mass is 251 g/mol. The number of carboxylic acid groups (broad SMARTS) is 1. The first kappa shape index (κ1) is 14.4. The number of pyridine rings is 1. The lowest BCUT2D eigenvalue weighted by Gasteiger charge is -2.25. The van der Waals surface area contributed by atoms with Crippen molar-refractivity contribution in [2.24, 2.45) is 0 Å². The highest BCUT2D eigenvalue weighted by Gasteiger charge is 2.08. The van der Waals surface area contributed by atoms with Crippen LogP contribution in [-0.2, 0) is 0 Å². The lowest BCUT2D eigenvalue weighted by atomic mass is 10.3. The standard InChI is InChI=1S/C13H21N3O2/c1-4-7-16(9-8-15(2)3)11-5-6-12(13(17)18)14-10-11/h5-6,10H,4,7-9H2,1-3H3,(H,17,18). The van der Waals surface area contributed by atoms with Gasteiger partial charge in [0.05, 0.1) is 11.9 Å². The van der Waals surface area contributed by atoms with Gasteiger partial charge in [-0.3, -0.25) is 0 Å². The van der Waals surface area contributed by atoms with Crippen molar-refractivity contribution in [2.45, 2.75) is 13.3 Å². The minimum atomic E-state index is -0.989. The van der Waals surface area contributed by atoms with E-state index in [9.17, 15) is 4.79 Å². The molecule has 0 unspecified atom stereocenters. The van der Waals surface area contributed by atoms with Gasteiger partial charge >= 0.3 is 5.97 Å². The van der Waals surface area contributed by atoms with Crippen LogP contribution in [0.2, 0.25) is 0 Å². The number of hydrogen-bond donors (Lipinski definition) is 1. The molecule has 1 aromatic heterocycles. The van der Waals surface area contributed by atoms with Gasteiger partial charge in [-0.15, -0.1) is 0 Å². The van der Waals surface area contributed by atoms with Gasteiger partial charge in [-0.1, -0.05) is 6.92 Å². The summed E-state index contributed by atoms with van der Waals surface area (Å²) in [6, 6.07) is 3.37. The Morgan fingerprint density at radius 2 is 2.00 bits per heavy atom. The van der Waals surface area contributed by atoms with Crippen LogP contribution in [0.15, 0.2) is 18.3 Å². The molecular weight excluding hydrogens is 230 g/mol. The van der Waals surface area contributed by atoms with Crippen LogP contribution in [0.1, 0.15) is 23.8 Å². The molecule has 0 radical (unpaired) electrons. The number of aromatic nitrogens is 1. The topological polar surface area (TPSA) is 56.7 Å². The molecule has 0 spiro atoms. The van der Waals surface area contributed by atoms with Crippen LogP contribution in [0.4, 0.5) is 5.69 Å². The zero-order valence-corrected chi connectivity index (χ0v) is 11.3. The molecule has 0 atom stereocenters. The average Bonchev–Trinajstić information content (AvgIpc) is 2.34. The van der Waals surface area contributed by atoms with E-state index in [4.69, 9.17) is 5.11 Å². The van der Waals surface area contributed by atoms with Gasteiger partial charge in [0.1, 0.15) is 5.69 Å². The van der Waals surface area contributed by atoms with Crippen LogP contribution >= 0.6 is 0 Å². The van der Waals surface area contributed by atoms with Crippen LogP contribution in [0.3, 0.4) is 0 Å². The molecule has 0 aromatic carbocycles. The van der Waals surface area contributed by atoms with Gasteiger partial charge in [0.15, 0.2) is 0 Å². The lowest BCUT2D eigenvalue weighted by molar-refractivity contribution is 0.0690. The average molecular weight is 251 g/mol. The molecule has 0 amide bonds. The predicted octanol–water partition coefficient (Wildman–Crippen LogP) is 1.56. The zero-order chi connectivity index (χ0) is 13.5. The molecule has 1 aromatic rings. The molecule has 0 bridgehead atoms. The minimum absolute atomic E-state index is 0.0859. The molecule has 1 heterocycles. The first-order valence-corrected chi connectivity index (χ1v) is 6.13. The number of aromatic carboxylic acids is 1. The van der Waals surface area contributed by atoms with Crippen LogP contribution in [0.25, 0.3) is 0 Å². The Kier molecular flexibility index (Phi) is 5.58. The van der Waals surface area contributed by atoms with E-state index in [1.54, 1.807) is 12.3 Å². The van der Waals surface area contributed by atoms with E-state index < -0.39 is 5.97 Å². The van der Waals surface area contributed by atoms with E-state index in [-0.39, 0.29) is 5.69 Å². The zero-order valence-electron chi connectivity index (χ0n) is 11.3. The summed E-state index contributed by atoms with van der Waals surface area (Å²) in [4.78, 5) is 19.0. The first-order chi connectivity index (χ1) is 8.54. The SMILES string of the molecule is CCCN(CCN(C)C)c1ccc(C(=O)O)nc1. The number of carbonyl (C=O) groups is 1. The molecular formula is C13H21N3O2. The van der Waals surface area contributed by atoms with Gasteiger partial charge in [0.25, 0.3) is 0 Å². The highest BCUT2D eigenvalue weighted by molar-refractivity contribution is 5.85. The van der Waals surface area contributed by atoms with Crippen molar-refractivity contribution in [1.82, 2.24) is 9.88 Å². The maximum absolute atomic E-state index is 10.7. The third-order valence-electron chi connectivity index (χ3n) is 2.64. The largest absolute Gasteiger partial charge is 0.477 e. The third kappa shape index (κ3) is 4.33. The summed E-state index contributed by atoms with van der Waals surface area (Å²) in [5.41, 5.74) is 1.06. The van der Waals surface area contributed by atoms with E-state index in [1.807, 2.05) is 20.2 Å².